The molecule has 1 aliphatic rings. The molecule has 4 heterocycles. The lowest BCUT2D eigenvalue weighted by Gasteiger charge is -2.34. The van der Waals surface area contributed by atoms with E-state index >= 15 is 0 Å². The van der Waals surface area contributed by atoms with Crippen LogP contribution in [-0.2, 0) is 16.1 Å². The van der Waals surface area contributed by atoms with Crippen molar-refractivity contribution < 1.29 is 9.47 Å². The molecule has 1 atom stereocenters. The second-order valence-corrected chi connectivity index (χ2v) is 6.26. The van der Waals surface area contributed by atoms with Crippen LogP contribution in [0.25, 0.3) is 16.9 Å². The molecule has 0 aliphatic carbocycles. The topological polar surface area (TPSA) is 104 Å². The van der Waals surface area contributed by atoms with Crippen molar-refractivity contribution in [3.05, 3.63) is 30.2 Å². The zero-order chi connectivity index (χ0) is 18.1. The summed E-state index contributed by atoms with van der Waals surface area (Å²) in [5.41, 5.74) is 8.19. The number of hydrogen-bond donors (Lipinski definition) is 1. The predicted molar refractivity (Wildman–Crippen MR) is 96.8 cm³/mol. The molecule has 9 nitrogen and oxygen atoms in total. The third kappa shape index (κ3) is 2.95. The normalized spacial score (nSPS) is 17.8. The molecule has 0 unspecified atom stereocenters. The highest BCUT2D eigenvalue weighted by molar-refractivity contribution is 5.72. The Balaban J connectivity index is 1.89. The Bertz CT molecular complexity index is 909. The number of aromatic nitrogens is 5. The molecule has 0 saturated carbocycles. The predicted octanol–water partition coefficient (Wildman–Crippen LogP) is 1.14. The molecule has 0 bridgehead atoms. The number of methoxy groups -OCH3 is 1. The van der Waals surface area contributed by atoms with Gasteiger partial charge >= 0.3 is 0 Å². The van der Waals surface area contributed by atoms with E-state index in [1.54, 1.807) is 19.5 Å². The van der Waals surface area contributed by atoms with Gasteiger partial charge in [-0.25, -0.2) is 19.5 Å². The number of rotatable bonds is 4. The fourth-order valence-corrected chi connectivity index (χ4v) is 3.12. The second-order valence-electron chi connectivity index (χ2n) is 6.26. The molecule has 0 amide bonds. The first kappa shape index (κ1) is 16.7. The summed E-state index contributed by atoms with van der Waals surface area (Å²) < 4.78 is 12.8. The van der Waals surface area contributed by atoms with Gasteiger partial charge in [0, 0.05) is 26.0 Å². The van der Waals surface area contributed by atoms with Crippen LogP contribution >= 0.6 is 0 Å². The fraction of sp³-hybridized carbons (Fsp3) is 0.412. The van der Waals surface area contributed by atoms with Crippen molar-refractivity contribution in [2.45, 2.75) is 19.6 Å². The Morgan fingerprint density at radius 2 is 2.12 bits per heavy atom. The first-order valence-electron chi connectivity index (χ1n) is 8.47. The highest BCUT2D eigenvalue weighted by Crippen LogP contribution is 2.27. The summed E-state index contributed by atoms with van der Waals surface area (Å²) in [6, 6.07) is 4.25. The number of nitrogens with two attached hydrogens (primary N) is 1. The standard InChI is InChI=1S/C17H21N7O2/c1-11-9-26-6-5-23(11)16-14-4-3-13(10-25-2)24(14)22-15(21-16)12-7-19-17(18)20-8-12/h3-4,7-8,11H,5-6,9-10H2,1-2H3,(H2,18,19,20)/t11-/m1/s1. The Morgan fingerprint density at radius 3 is 2.85 bits per heavy atom. The molecule has 9 heteroatoms. The van der Waals surface area contributed by atoms with Crippen molar-refractivity contribution >= 4 is 17.3 Å². The SMILES string of the molecule is COCc1ccc2c(N3CCOC[C@H]3C)nc(-c3cnc(N)nc3)nn12. The molecule has 4 rings (SSSR count). The molecule has 3 aromatic heterocycles. The van der Waals surface area contributed by atoms with E-state index < -0.39 is 0 Å². The van der Waals surface area contributed by atoms with Crippen molar-refractivity contribution in [1.82, 2.24) is 24.6 Å². The van der Waals surface area contributed by atoms with E-state index in [1.807, 2.05) is 16.6 Å². The smallest absolute Gasteiger partial charge is 0.219 e. The van der Waals surface area contributed by atoms with Crippen LogP contribution in [0, 0.1) is 0 Å². The molecule has 0 spiro atoms. The maximum absolute atomic E-state index is 5.60. The van der Waals surface area contributed by atoms with Gasteiger partial charge in [0.25, 0.3) is 0 Å². The summed E-state index contributed by atoms with van der Waals surface area (Å²) in [5, 5.41) is 4.68. The summed E-state index contributed by atoms with van der Waals surface area (Å²) in [5.74, 6) is 1.63. The quantitative estimate of drug-likeness (QED) is 0.743. The lowest BCUT2D eigenvalue weighted by molar-refractivity contribution is 0.0986. The van der Waals surface area contributed by atoms with Gasteiger partial charge in [-0.15, -0.1) is 5.10 Å². The van der Waals surface area contributed by atoms with E-state index in [2.05, 4.69) is 26.9 Å². The van der Waals surface area contributed by atoms with E-state index in [4.69, 9.17) is 20.2 Å². The maximum Gasteiger partial charge on any atom is 0.219 e. The molecule has 26 heavy (non-hydrogen) atoms. The van der Waals surface area contributed by atoms with Gasteiger partial charge < -0.3 is 20.1 Å². The zero-order valence-corrected chi connectivity index (χ0v) is 14.8. The van der Waals surface area contributed by atoms with E-state index in [-0.39, 0.29) is 12.0 Å². The van der Waals surface area contributed by atoms with Crippen molar-refractivity contribution in [2.75, 3.05) is 37.5 Å². The number of nitrogens with zero attached hydrogens (tertiary/aromatic N) is 6. The maximum atomic E-state index is 5.60. The molecular weight excluding hydrogens is 334 g/mol. The second kappa shape index (κ2) is 6.85. The van der Waals surface area contributed by atoms with Gasteiger partial charge in [-0.2, -0.15) is 0 Å². The van der Waals surface area contributed by atoms with Crippen LogP contribution in [0.2, 0.25) is 0 Å². The van der Waals surface area contributed by atoms with Crippen molar-refractivity contribution in [3.8, 4) is 11.4 Å². The number of hydrogen-bond acceptors (Lipinski definition) is 8. The molecule has 3 aromatic rings. The van der Waals surface area contributed by atoms with Crippen LogP contribution in [0.15, 0.2) is 24.5 Å². The van der Waals surface area contributed by atoms with Crippen LogP contribution in [0.1, 0.15) is 12.6 Å². The van der Waals surface area contributed by atoms with Gasteiger partial charge in [-0.3, -0.25) is 0 Å². The summed E-state index contributed by atoms with van der Waals surface area (Å²) in [6.45, 7) is 4.70. The molecule has 2 N–H and O–H groups in total. The fourth-order valence-electron chi connectivity index (χ4n) is 3.12. The molecule has 1 fully saturated rings. The van der Waals surface area contributed by atoms with Crippen LogP contribution < -0.4 is 10.6 Å². The zero-order valence-electron chi connectivity index (χ0n) is 14.8. The highest BCUT2D eigenvalue weighted by atomic mass is 16.5. The minimum Gasteiger partial charge on any atom is -0.378 e. The summed E-state index contributed by atoms with van der Waals surface area (Å²) >= 11 is 0. The summed E-state index contributed by atoms with van der Waals surface area (Å²) in [4.78, 5) is 15.2. The minimum atomic E-state index is 0.220. The van der Waals surface area contributed by atoms with Crippen LogP contribution in [0.3, 0.4) is 0 Å². The third-order valence-corrected chi connectivity index (χ3v) is 4.43. The number of morpholine rings is 1. The molecule has 0 aromatic carbocycles. The number of ether oxygens (including phenoxy) is 2. The van der Waals surface area contributed by atoms with Gasteiger partial charge in [-0.05, 0) is 19.1 Å². The number of nitrogen functional groups attached to an aromatic ring is 1. The molecule has 0 radical (unpaired) electrons. The Hall–Kier alpha value is -2.78. The molecule has 1 aliphatic heterocycles. The molecule has 1 saturated heterocycles. The summed E-state index contributed by atoms with van der Waals surface area (Å²) in [7, 11) is 1.67. The molecule has 136 valence electrons. The van der Waals surface area contributed by atoms with Gasteiger partial charge in [0.05, 0.1) is 37.1 Å². The largest absolute Gasteiger partial charge is 0.378 e. The van der Waals surface area contributed by atoms with Crippen molar-refractivity contribution in [3.63, 3.8) is 0 Å². The van der Waals surface area contributed by atoms with Crippen molar-refractivity contribution in [2.24, 2.45) is 0 Å². The Kier molecular flexibility index (Phi) is 4.39. The van der Waals surface area contributed by atoms with Gasteiger partial charge in [0.1, 0.15) is 5.52 Å². The first-order valence-corrected chi connectivity index (χ1v) is 8.47. The average Bonchev–Trinajstić information content (AvgIpc) is 3.05. The average molecular weight is 355 g/mol. The van der Waals surface area contributed by atoms with Crippen molar-refractivity contribution in [1.29, 1.82) is 0 Å². The first-order chi connectivity index (χ1) is 12.7. The lowest BCUT2D eigenvalue weighted by atomic mass is 10.2. The van der Waals surface area contributed by atoms with Crippen LogP contribution in [0.4, 0.5) is 11.8 Å². The number of fused-ring (bicyclic) bond motifs is 1. The van der Waals surface area contributed by atoms with E-state index in [0.717, 1.165) is 23.6 Å². The van der Waals surface area contributed by atoms with Gasteiger partial charge in [0.15, 0.2) is 11.6 Å². The van der Waals surface area contributed by atoms with Crippen LogP contribution in [-0.4, -0.2) is 57.5 Å². The minimum absolute atomic E-state index is 0.220. The summed E-state index contributed by atoms with van der Waals surface area (Å²) in [6.07, 6.45) is 3.27. The highest BCUT2D eigenvalue weighted by Gasteiger charge is 2.24. The van der Waals surface area contributed by atoms with E-state index in [0.29, 0.717) is 31.2 Å². The van der Waals surface area contributed by atoms with Gasteiger partial charge in [-0.1, -0.05) is 0 Å². The monoisotopic (exact) mass is 355 g/mol. The Labute approximate surface area is 150 Å². The Morgan fingerprint density at radius 1 is 1.31 bits per heavy atom. The number of anilines is 2. The van der Waals surface area contributed by atoms with Gasteiger partial charge in [0.2, 0.25) is 5.95 Å². The van der Waals surface area contributed by atoms with Crippen LogP contribution in [0.5, 0.6) is 0 Å². The lowest BCUT2D eigenvalue weighted by Crippen LogP contribution is -2.44. The van der Waals surface area contributed by atoms with E-state index in [9.17, 15) is 0 Å². The third-order valence-electron chi connectivity index (χ3n) is 4.43. The van der Waals surface area contributed by atoms with E-state index in [1.165, 1.54) is 0 Å². The molecular formula is C17H21N7O2.